The molecular weight excluding hydrogens is 384 g/mol. The smallest absolute Gasteiger partial charge is 0.0857 e. The third kappa shape index (κ3) is 5.05. The number of aliphatic hydroxyl groups is 2. The summed E-state index contributed by atoms with van der Waals surface area (Å²) in [7, 11) is 0. The van der Waals surface area contributed by atoms with Crippen LogP contribution in [0.15, 0.2) is 30.3 Å². The van der Waals surface area contributed by atoms with Gasteiger partial charge in [0.25, 0.3) is 0 Å². The highest BCUT2D eigenvalue weighted by molar-refractivity contribution is 5.51. The molecule has 2 aliphatic rings. The Morgan fingerprint density at radius 1 is 1.00 bits per heavy atom. The van der Waals surface area contributed by atoms with Gasteiger partial charge in [0.05, 0.1) is 24.9 Å². The van der Waals surface area contributed by atoms with Crippen LogP contribution in [0, 0.1) is 0 Å². The molecule has 0 saturated carbocycles. The molecule has 2 aromatic rings. The van der Waals surface area contributed by atoms with E-state index in [1.165, 1.54) is 53.5 Å². The van der Waals surface area contributed by atoms with Gasteiger partial charge in [-0.15, -0.1) is 0 Å². The average molecular weight is 423 g/mol. The van der Waals surface area contributed by atoms with E-state index in [4.69, 9.17) is 4.74 Å². The first kappa shape index (κ1) is 22.5. The van der Waals surface area contributed by atoms with Crippen LogP contribution in [0.25, 0.3) is 0 Å². The van der Waals surface area contributed by atoms with Crippen molar-refractivity contribution in [1.82, 2.24) is 0 Å². The number of aliphatic hydroxyl groups excluding tert-OH is 2. The first-order valence-corrected chi connectivity index (χ1v) is 12.3. The highest BCUT2D eigenvalue weighted by Gasteiger charge is 2.32. The van der Waals surface area contributed by atoms with Crippen molar-refractivity contribution in [3.8, 4) is 0 Å². The molecule has 3 heteroatoms. The molecule has 3 atom stereocenters. The highest BCUT2D eigenvalue weighted by Crippen LogP contribution is 2.40. The van der Waals surface area contributed by atoms with E-state index in [9.17, 15) is 10.2 Å². The van der Waals surface area contributed by atoms with E-state index in [1.54, 1.807) is 11.1 Å². The quantitative estimate of drug-likeness (QED) is 0.611. The molecule has 0 amide bonds. The molecule has 31 heavy (non-hydrogen) atoms. The van der Waals surface area contributed by atoms with Crippen LogP contribution in [0.3, 0.4) is 0 Å². The van der Waals surface area contributed by atoms with E-state index in [0.29, 0.717) is 12.8 Å². The molecule has 4 rings (SSSR count). The van der Waals surface area contributed by atoms with E-state index in [1.807, 2.05) is 0 Å². The predicted octanol–water partition coefficient (Wildman–Crippen LogP) is 5.24. The fourth-order valence-electron chi connectivity index (χ4n) is 5.48. The summed E-state index contributed by atoms with van der Waals surface area (Å²) in [6, 6.07) is 11.4. The van der Waals surface area contributed by atoms with Crippen molar-refractivity contribution in [1.29, 1.82) is 0 Å². The highest BCUT2D eigenvalue weighted by atomic mass is 16.5. The fraction of sp³-hybridized carbons (Fsp3) is 0.571. The van der Waals surface area contributed by atoms with Crippen molar-refractivity contribution in [3.63, 3.8) is 0 Å². The maximum absolute atomic E-state index is 10.5. The Morgan fingerprint density at radius 3 is 2.45 bits per heavy atom. The van der Waals surface area contributed by atoms with Crippen LogP contribution in [-0.4, -0.2) is 29.0 Å². The summed E-state index contributed by atoms with van der Waals surface area (Å²) < 4.78 is 6.30. The van der Waals surface area contributed by atoms with Crippen molar-refractivity contribution in [2.75, 3.05) is 6.61 Å². The normalized spacial score (nSPS) is 23.2. The lowest BCUT2D eigenvalue weighted by molar-refractivity contribution is -0.114. The molecule has 0 spiro atoms. The minimum atomic E-state index is -0.409. The summed E-state index contributed by atoms with van der Waals surface area (Å²) in [6.07, 6.45) is 9.35. The Labute approximate surface area is 187 Å². The van der Waals surface area contributed by atoms with Crippen LogP contribution in [0.5, 0.6) is 0 Å². The van der Waals surface area contributed by atoms with Crippen molar-refractivity contribution in [2.45, 2.75) is 96.4 Å². The first-order valence-electron chi connectivity index (χ1n) is 12.3. The first-order chi connectivity index (χ1) is 15.1. The van der Waals surface area contributed by atoms with E-state index in [-0.39, 0.29) is 18.8 Å². The predicted molar refractivity (Wildman–Crippen MR) is 126 cm³/mol. The molecule has 0 bridgehead atoms. The zero-order chi connectivity index (χ0) is 21.8. The number of rotatable bonds is 8. The monoisotopic (exact) mass is 422 g/mol. The molecule has 1 aliphatic carbocycles. The van der Waals surface area contributed by atoms with Crippen LogP contribution in [0.2, 0.25) is 0 Å². The second-order valence-corrected chi connectivity index (χ2v) is 9.42. The summed E-state index contributed by atoms with van der Waals surface area (Å²) in [6.45, 7) is 4.41. The Balaban J connectivity index is 1.73. The zero-order valence-corrected chi connectivity index (χ0v) is 19.2. The Bertz CT molecular complexity index is 871. The van der Waals surface area contributed by atoms with Gasteiger partial charge in [0.2, 0.25) is 0 Å². The van der Waals surface area contributed by atoms with E-state index < -0.39 is 6.10 Å². The van der Waals surface area contributed by atoms with Crippen molar-refractivity contribution < 1.29 is 14.9 Å². The van der Waals surface area contributed by atoms with Gasteiger partial charge < -0.3 is 14.9 Å². The molecule has 3 nitrogen and oxygen atoms in total. The van der Waals surface area contributed by atoms with Gasteiger partial charge in [0.1, 0.15) is 0 Å². The summed E-state index contributed by atoms with van der Waals surface area (Å²) in [4.78, 5) is 0. The topological polar surface area (TPSA) is 49.7 Å². The second-order valence-electron chi connectivity index (χ2n) is 9.42. The van der Waals surface area contributed by atoms with Gasteiger partial charge in [-0.2, -0.15) is 0 Å². The Hall–Kier alpha value is -1.68. The number of ether oxygens (including phenoxy) is 1. The van der Waals surface area contributed by atoms with Crippen LogP contribution in [-0.2, 0) is 36.8 Å². The maximum Gasteiger partial charge on any atom is 0.0857 e. The molecule has 0 radical (unpaired) electrons. The number of hydrogen-bond acceptors (Lipinski definition) is 3. The largest absolute Gasteiger partial charge is 0.394 e. The molecule has 168 valence electrons. The van der Waals surface area contributed by atoms with Crippen molar-refractivity contribution in [3.05, 3.63) is 69.3 Å². The van der Waals surface area contributed by atoms with Gasteiger partial charge in [0.15, 0.2) is 0 Å². The number of benzene rings is 2. The van der Waals surface area contributed by atoms with Crippen LogP contribution in [0.1, 0.15) is 91.0 Å². The molecule has 1 aliphatic heterocycles. The van der Waals surface area contributed by atoms with Gasteiger partial charge >= 0.3 is 0 Å². The molecule has 0 unspecified atom stereocenters. The summed E-state index contributed by atoms with van der Waals surface area (Å²) in [5, 5.41) is 20.2. The number of fused-ring (bicyclic) bond motifs is 1. The lowest BCUT2D eigenvalue weighted by Crippen LogP contribution is -2.34. The Morgan fingerprint density at radius 2 is 1.74 bits per heavy atom. The number of unbranched alkanes of at least 4 members (excludes halogenated alkanes) is 1. The SMILES string of the molecule is CCCCc1c([C@H]2C[C@@H](O)C[C@@H](CO)O2)cc(Cc2ccc(CC)cc2)c2c1CCC2. The molecule has 1 heterocycles. The average Bonchev–Trinajstić information content (AvgIpc) is 3.28. The fourth-order valence-corrected chi connectivity index (χ4v) is 5.48. The number of hydrogen-bond donors (Lipinski definition) is 2. The van der Waals surface area contributed by atoms with Gasteiger partial charge in [-0.1, -0.05) is 50.6 Å². The summed E-state index contributed by atoms with van der Waals surface area (Å²) in [5.74, 6) is 0. The van der Waals surface area contributed by atoms with Gasteiger partial charge in [-0.05, 0) is 83.9 Å². The van der Waals surface area contributed by atoms with E-state index >= 15 is 0 Å². The number of aryl methyl sites for hydroxylation is 1. The Kier molecular flexibility index (Phi) is 7.47. The molecule has 2 aromatic carbocycles. The van der Waals surface area contributed by atoms with Gasteiger partial charge in [0, 0.05) is 12.8 Å². The van der Waals surface area contributed by atoms with Gasteiger partial charge in [-0.3, -0.25) is 0 Å². The lowest BCUT2D eigenvalue weighted by atomic mass is 9.84. The lowest BCUT2D eigenvalue weighted by Gasteiger charge is -2.34. The maximum atomic E-state index is 10.5. The molecule has 2 N–H and O–H groups in total. The zero-order valence-electron chi connectivity index (χ0n) is 19.2. The van der Waals surface area contributed by atoms with E-state index in [2.05, 4.69) is 44.2 Å². The third-order valence-electron chi connectivity index (χ3n) is 7.18. The molecule has 1 fully saturated rings. The van der Waals surface area contributed by atoms with Crippen LogP contribution < -0.4 is 0 Å². The third-order valence-corrected chi connectivity index (χ3v) is 7.18. The van der Waals surface area contributed by atoms with Gasteiger partial charge in [-0.25, -0.2) is 0 Å². The molecule has 1 saturated heterocycles. The molecular formula is C28H38O3. The van der Waals surface area contributed by atoms with Crippen molar-refractivity contribution in [2.24, 2.45) is 0 Å². The summed E-state index contributed by atoms with van der Waals surface area (Å²) >= 11 is 0. The van der Waals surface area contributed by atoms with Crippen molar-refractivity contribution >= 4 is 0 Å². The standard InChI is InChI=1S/C28H38O3/c1-3-5-7-26-25-9-6-8-24(25)21(14-20-12-10-19(4-2)11-13-20)15-27(26)28-17-22(30)16-23(18-29)31-28/h10-13,15,22-23,28-30H,3-9,14,16-18H2,1-2H3/t22-,23-,28+/m0/s1. The molecule has 0 aromatic heterocycles. The van der Waals surface area contributed by atoms with E-state index in [0.717, 1.165) is 25.7 Å². The second kappa shape index (κ2) is 10.3. The minimum absolute atomic E-state index is 0.0283. The van der Waals surface area contributed by atoms with Crippen LogP contribution in [0.4, 0.5) is 0 Å². The summed E-state index contributed by atoms with van der Waals surface area (Å²) in [5.41, 5.74) is 10.0. The minimum Gasteiger partial charge on any atom is -0.394 e. The van der Waals surface area contributed by atoms with Crippen LogP contribution >= 0.6 is 0 Å².